The molecule has 0 bridgehead atoms. The molecule has 1 aromatic carbocycles. The lowest BCUT2D eigenvalue weighted by Crippen LogP contribution is -2.17. The number of hydrogen-bond acceptors (Lipinski definition) is 3. The Morgan fingerprint density at radius 3 is 2.84 bits per heavy atom. The summed E-state index contributed by atoms with van der Waals surface area (Å²) >= 11 is 2.94. The fourth-order valence-corrected chi connectivity index (χ4v) is 1.96. The van der Waals surface area contributed by atoms with E-state index in [1.807, 2.05) is 6.92 Å². The molecule has 0 saturated heterocycles. The summed E-state index contributed by atoms with van der Waals surface area (Å²) in [7, 11) is 0. The minimum Gasteiger partial charge on any atom is -0.311 e. The lowest BCUT2D eigenvalue weighted by atomic mass is 10.3. The van der Waals surface area contributed by atoms with Crippen LogP contribution in [0.15, 0.2) is 22.8 Å². The van der Waals surface area contributed by atoms with Crippen molar-refractivity contribution in [2.24, 2.45) is 0 Å². The molecular formula is C12H13BrF2N4. The van der Waals surface area contributed by atoms with Gasteiger partial charge in [0.15, 0.2) is 0 Å². The Hall–Kier alpha value is -1.34. The van der Waals surface area contributed by atoms with Crippen LogP contribution >= 0.6 is 15.9 Å². The van der Waals surface area contributed by atoms with E-state index in [9.17, 15) is 8.78 Å². The van der Waals surface area contributed by atoms with Crippen molar-refractivity contribution in [1.82, 2.24) is 20.3 Å². The third-order valence-corrected chi connectivity index (χ3v) is 3.18. The third-order valence-electron chi connectivity index (χ3n) is 2.57. The van der Waals surface area contributed by atoms with E-state index in [2.05, 4.69) is 31.6 Å². The van der Waals surface area contributed by atoms with E-state index >= 15 is 0 Å². The second kappa shape index (κ2) is 6.21. The average Bonchev–Trinajstić information content (AvgIpc) is 2.82. The Kier molecular flexibility index (Phi) is 4.60. The molecule has 0 amide bonds. The smallest absolute Gasteiger partial charge is 0.150 e. The van der Waals surface area contributed by atoms with Crippen molar-refractivity contribution in [1.29, 1.82) is 0 Å². The number of hydrogen-bond donors (Lipinski definition) is 1. The predicted octanol–water partition coefficient (Wildman–Crippen LogP) is 2.81. The van der Waals surface area contributed by atoms with Crippen molar-refractivity contribution in [3.8, 4) is 5.69 Å². The van der Waals surface area contributed by atoms with Gasteiger partial charge in [-0.15, -0.1) is 5.10 Å². The Labute approximate surface area is 117 Å². The number of benzene rings is 1. The van der Waals surface area contributed by atoms with Gasteiger partial charge in [0.2, 0.25) is 0 Å². The summed E-state index contributed by atoms with van der Waals surface area (Å²) in [6.07, 6.45) is 2.52. The van der Waals surface area contributed by atoms with Crippen molar-refractivity contribution in [2.75, 3.05) is 6.54 Å². The molecule has 0 aliphatic heterocycles. The SMILES string of the molecule is CCCNCc1cnnn1-c1cc(F)c(Br)cc1F. The molecule has 0 fully saturated rings. The molecular weight excluding hydrogens is 318 g/mol. The number of rotatable bonds is 5. The van der Waals surface area contributed by atoms with Crippen LogP contribution in [-0.2, 0) is 6.54 Å². The monoisotopic (exact) mass is 330 g/mol. The first-order valence-corrected chi connectivity index (χ1v) is 6.68. The summed E-state index contributed by atoms with van der Waals surface area (Å²) in [5, 5.41) is 10.7. The quantitative estimate of drug-likeness (QED) is 0.677. The molecule has 2 rings (SSSR count). The summed E-state index contributed by atoms with van der Waals surface area (Å²) in [5.41, 5.74) is 0.723. The van der Waals surface area contributed by atoms with Crippen molar-refractivity contribution >= 4 is 15.9 Å². The first-order chi connectivity index (χ1) is 9.13. The van der Waals surface area contributed by atoms with Crippen LogP contribution in [0.2, 0.25) is 0 Å². The Balaban J connectivity index is 2.32. The predicted molar refractivity (Wildman–Crippen MR) is 71.0 cm³/mol. The fourth-order valence-electron chi connectivity index (χ4n) is 1.65. The molecule has 0 aliphatic carbocycles. The van der Waals surface area contributed by atoms with E-state index in [4.69, 9.17) is 0 Å². The molecule has 0 unspecified atom stereocenters. The van der Waals surface area contributed by atoms with E-state index < -0.39 is 11.6 Å². The summed E-state index contributed by atoms with van der Waals surface area (Å²) in [6, 6.07) is 2.17. The van der Waals surface area contributed by atoms with Gasteiger partial charge >= 0.3 is 0 Å². The zero-order valence-electron chi connectivity index (χ0n) is 10.3. The molecule has 7 heteroatoms. The lowest BCUT2D eigenvalue weighted by Gasteiger charge is -2.08. The fraction of sp³-hybridized carbons (Fsp3) is 0.333. The lowest BCUT2D eigenvalue weighted by molar-refractivity contribution is 0.570. The van der Waals surface area contributed by atoms with Crippen LogP contribution in [0.1, 0.15) is 19.0 Å². The average molecular weight is 331 g/mol. The van der Waals surface area contributed by atoms with Crippen molar-refractivity contribution < 1.29 is 8.78 Å². The van der Waals surface area contributed by atoms with Crippen molar-refractivity contribution in [3.05, 3.63) is 40.1 Å². The molecule has 102 valence electrons. The number of nitrogens with one attached hydrogen (secondary N) is 1. The van der Waals surface area contributed by atoms with Gasteiger partial charge < -0.3 is 5.32 Å². The van der Waals surface area contributed by atoms with Crippen LogP contribution in [0.5, 0.6) is 0 Å². The maximum absolute atomic E-state index is 13.9. The van der Waals surface area contributed by atoms with Crippen LogP contribution in [0.4, 0.5) is 8.78 Å². The first kappa shape index (κ1) is 14.1. The number of halogens is 3. The Morgan fingerprint density at radius 1 is 1.32 bits per heavy atom. The largest absolute Gasteiger partial charge is 0.311 e. The third kappa shape index (κ3) is 3.16. The highest BCUT2D eigenvalue weighted by molar-refractivity contribution is 9.10. The minimum absolute atomic E-state index is 0.0477. The molecule has 0 aliphatic rings. The van der Waals surface area contributed by atoms with Gasteiger partial charge in [0.05, 0.1) is 16.4 Å². The van der Waals surface area contributed by atoms with Crippen molar-refractivity contribution in [2.45, 2.75) is 19.9 Å². The molecule has 4 nitrogen and oxygen atoms in total. The van der Waals surface area contributed by atoms with Gasteiger partial charge in [-0.05, 0) is 35.0 Å². The molecule has 19 heavy (non-hydrogen) atoms. The van der Waals surface area contributed by atoms with Crippen LogP contribution in [-0.4, -0.2) is 21.5 Å². The number of nitrogens with zero attached hydrogens (tertiary/aromatic N) is 3. The molecule has 0 spiro atoms. The highest BCUT2D eigenvalue weighted by atomic mass is 79.9. The minimum atomic E-state index is -0.560. The summed E-state index contributed by atoms with van der Waals surface area (Å²) in [5.74, 6) is -1.10. The highest BCUT2D eigenvalue weighted by Crippen LogP contribution is 2.22. The van der Waals surface area contributed by atoms with E-state index in [1.54, 1.807) is 0 Å². The van der Waals surface area contributed by atoms with Crippen LogP contribution < -0.4 is 5.32 Å². The Bertz CT molecular complexity index is 571. The summed E-state index contributed by atoms with van der Waals surface area (Å²) < 4.78 is 28.7. The second-order valence-electron chi connectivity index (χ2n) is 4.03. The maximum Gasteiger partial charge on any atom is 0.150 e. The topological polar surface area (TPSA) is 42.7 Å². The molecule has 1 N–H and O–H groups in total. The van der Waals surface area contributed by atoms with Crippen molar-refractivity contribution in [3.63, 3.8) is 0 Å². The van der Waals surface area contributed by atoms with Crippen LogP contribution in [0.25, 0.3) is 5.69 Å². The zero-order valence-corrected chi connectivity index (χ0v) is 11.9. The van der Waals surface area contributed by atoms with E-state index in [1.165, 1.54) is 10.9 Å². The molecule has 0 atom stereocenters. The first-order valence-electron chi connectivity index (χ1n) is 5.88. The van der Waals surface area contributed by atoms with Gasteiger partial charge in [-0.3, -0.25) is 0 Å². The molecule has 0 saturated carbocycles. The summed E-state index contributed by atoms with van der Waals surface area (Å²) in [6.45, 7) is 3.38. The zero-order chi connectivity index (χ0) is 13.8. The van der Waals surface area contributed by atoms with Gasteiger partial charge in [0, 0.05) is 12.6 Å². The molecule has 1 aromatic heterocycles. The van der Waals surface area contributed by atoms with E-state index in [0.29, 0.717) is 12.2 Å². The Morgan fingerprint density at radius 2 is 2.11 bits per heavy atom. The van der Waals surface area contributed by atoms with Gasteiger partial charge in [-0.1, -0.05) is 12.1 Å². The normalized spacial score (nSPS) is 10.9. The standard InChI is InChI=1S/C12H13BrF2N4/c1-2-3-16-6-8-7-17-18-19(8)12-5-10(14)9(13)4-11(12)15/h4-5,7,16H,2-3,6H2,1H3. The molecule has 1 heterocycles. The van der Waals surface area contributed by atoms with Crippen LogP contribution in [0, 0.1) is 11.6 Å². The number of aromatic nitrogens is 3. The second-order valence-corrected chi connectivity index (χ2v) is 4.89. The maximum atomic E-state index is 13.9. The van der Waals surface area contributed by atoms with E-state index in [0.717, 1.165) is 25.1 Å². The van der Waals surface area contributed by atoms with Crippen LogP contribution in [0.3, 0.4) is 0 Å². The van der Waals surface area contributed by atoms with Gasteiger partial charge in [0.1, 0.15) is 17.3 Å². The summed E-state index contributed by atoms with van der Waals surface area (Å²) in [4.78, 5) is 0. The van der Waals surface area contributed by atoms with Gasteiger partial charge in [0.25, 0.3) is 0 Å². The molecule has 0 radical (unpaired) electrons. The molecule has 2 aromatic rings. The van der Waals surface area contributed by atoms with E-state index in [-0.39, 0.29) is 10.2 Å². The van der Waals surface area contributed by atoms with Gasteiger partial charge in [-0.25, -0.2) is 13.5 Å². The highest BCUT2D eigenvalue weighted by Gasteiger charge is 2.14. The van der Waals surface area contributed by atoms with Gasteiger partial charge in [-0.2, -0.15) is 0 Å².